The normalized spacial score (nSPS) is 17.4. The van der Waals surface area contributed by atoms with Crippen LogP contribution in [0.15, 0.2) is 18.2 Å². The number of hydrogen-bond acceptors (Lipinski definition) is 4. The highest BCUT2D eigenvalue weighted by Crippen LogP contribution is 2.34. The Morgan fingerprint density at radius 2 is 1.91 bits per heavy atom. The zero-order valence-corrected chi connectivity index (χ0v) is 19.6. The largest absolute Gasteiger partial charge is 0.337 e. The molecular formula is C25H30F2N2O2S. The lowest BCUT2D eigenvalue weighted by Crippen LogP contribution is -2.37. The summed E-state index contributed by atoms with van der Waals surface area (Å²) in [5, 5.41) is 0. The maximum absolute atomic E-state index is 14.0. The highest BCUT2D eigenvalue weighted by molar-refractivity contribution is 7.12. The summed E-state index contributed by atoms with van der Waals surface area (Å²) in [6.45, 7) is 7.94. The van der Waals surface area contributed by atoms with Gasteiger partial charge in [0.2, 0.25) is 5.91 Å². The van der Waals surface area contributed by atoms with Crippen LogP contribution < -0.4 is 0 Å². The predicted octanol–water partition coefficient (Wildman–Crippen LogP) is 4.63. The van der Waals surface area contributed by atoms with E-state index in [4.69, 9.17) is 0 Å². The van der Waals surface area contributed by atoms with Gasteiger partial charge in [0, 0.05) is 41.8 Å². The fraction of sp³-hybridized carbons (Fsp3) is 0.520. The molecular weight excluding hydrogens is 430 g/mol. The number of ketones is 1. The fourth-order valence-electron chi connectivity index (χ4n) is 4.99. The van der Waals surface area contributed by atoms with Crippen LogP contribution >= 0.6 is 11.3 Å². The van der Waals surface area contributed by atoms with Crippen molar-refractivity contribution in [3.63, 3.8) is 0 Å². The minimum absolute atomic E-state index is 0.00112. The van der Waals surface area contributed by atoms with E-state index in [1.807, 2.05) is 16.2 Å². The maximum atomic E-state index is 14.0. The Morgan fingerprint density at radius 1 is 1.16 bits per heavy atom. The summed E-state index contributed by atoms with van der Waals surface area (Å²) in [6.07, 6.45) is 4.34. The van der Waals surface area contributed by atoms with Crippen LogP contribution in [0, 0.1) is 17.6 Å². The Labute approximate surface area is 192 Å². The quantitative estimate of drug-likeness (QED) is 0.590. The molecule has 0 unspecified atom stereocenters. The molecule has 4 nitrogen and oxygen atoms in total. The molecule has 1 saturated heterocycles. The summed E-state index contributed by atoms with van der Waals surface area (Å²) in [4.78, 5) is 31.5. The second kappa shape index (κ2) is 9.79. The number of carbonyl (C=O) groups excluding carboxylic acids is 2. The number of fused-ring (bicyclic) bond motifs is 1. The van der Waals surface area contributed by atoms with Crippen molar-refractivity contribution in [1.29, 1.82) is 0 Å². The van der Waals surface area contributed by atoms with Crippen molar-refractivity contribution in [3.05, 3.63) is 56.3 Å². The van der Waals surface area contributed by atoms with Gasteiger partial charge >= 0.3 is 0 Å². The van der Waals surface area contributed by atoms with E-state index in [9.17, 15) is 18.4 Å². The number of amides is 1. The molecule has 1 aromatic heterocycles. The molecule has 172 valence electrons. The predicted molar refractivity (Wildman–Crippen MR) is 122 cm³/mol. The SMILES string of the molecule is CCc1c(CCN2CCC(C(=O)c3ccc(F)cc3F)CC2)sc2c1CCN(C(C)=O)C2. The zero-order valence-electron chi connectivity index (χ0n) is 18.8. The molecule has 2 aromatic rings. The molecule has 1 amide bonds. The van der Waals surface area contributed by atoms with E-state index in [0.29, 0.717) is 12.8 Å². The molecule has 4 rings (SSSR count). The molecule has 0 aliphatic carbocycles. The van der Waals surface area contributed by atoms with Gasteiger partial charge in [0.15, 0.2) is 5.78 Å². The van der Waals surface area contributed by atoms with Gasteiger partial charge in [0.05, 0.1) is 12.1 Å². The first kappa shape index (κ1) is 23.1. The lowest BCUT2D eigenvalue weighted by atomic mass is 9.88. The van der Waals surface area contributed by atoms with Gasteiger partial charge in [-0.3, -0.25) is 9.59 Å². The van der Waals surface area contributed by atoms with Gasteiger partial charge in [0.25, 0.3) is 0 Å². The van der Waals surface area contributed by atoms with Gasteiger partial charge in [-0.05, 0) is 68.5 Å². The van der Waals surface area contributed by atoms with E-state index in [-0.39, 0.29) is 23.2 Å². The highest BCUT2D eigenvalue weighted by Gasteiger charge is 2.28. The van der Waals surface area contributed by atoms with Crippen molar-refractivity contribution >= 4 is 23.0 Å². The first-order valence-electron chi connectivity index (χ1n) is 11.5. The van der Waals surface area contributed by atoms with Crippen LogP contribution in [0.25, 0.3) is 0 Å². The minimum atomic E-state index is -0.769. The summed E-state index contributed by atoms with van der Waals surface area (Å²) < 4.78 is 27.1. The van der Waals surface area contributed by atoms with E-state index in [1.165, 1.54) is 26.9 Å². The second-order valence-electron chi connectivity index (χ2n) is 8.80. The van der Waals surface area contributed by atoms with Crippen LogP contribution in [-0.4, -0.2) is 47.7 Å². The number of piperidine rings is 1. The Bertz CT molecular complexity index is 1010. The van der Waals surface area contributed by atoms with Crippen LogP contribution in [0.2, 0.25) is 0 Å². The summed E-state index contributed by atoms with van der Waals surface area (Å²) in [5.41, 5.74) is 2.92. The number of rotatable bonds is 6. The number of hydrogen-bond donors (Lipinski definition) is 0. The lowest BCUT2D eigenvalue weighted by molar-refractivity contribution is -0.129. The molecule has 0 saturated carbocycles. The topological polar surface area (TPSA) is 40.6 Å². The van der Waals surface area contributed by atoms with Crippen molar-refractivity contribution in [2.24, 2.45) is 5.92 Å². The average molecular weight is 461 g/mol. The second-order valence-corrected chi connectivity index (χ2v) is 9.99. The molecule has 2 aliphatic heterocycles. The van der Waals surface area contributed by atoms with Crippen molar-refractivity contribution in [2.45, 2.75) is 52.5 Å². The molecule has 0 bridgehead atoms. The Morgan fingerprint density at radius 3 is 2.56 bits per heavy atom. The van der Waals surface area contributed by atoms with Gasteiger partial charge in [-0.2, -0.15) is 0 Å². The van der Waals surface area contributed by atoms with Gasteiger partial charge < -0.3 is 9.80 Å². The van der Waals surface area contributed by atoms with Crippen LogP contribution in [0.1, 0.15) is 57.9 Å². The highest BCUT2D eigenvalue weighted by atomic mass is 32.1. The number of likely N-dealkylation sites (tertiary alicyclic amines) is 1. The number of nitrogens with zero attached hydrogens (tertiary/aromatic N) is 2. The van der Waals surface area contributed by atoms with E-state index < -0.39 is 11.6 Å². The number of carbonyl (C=O) groups is 2. The number of halogens is 2. The molecule has 2 aliphatic rings. The van der Waals surface area contributed by atoms with Crippen molar-refractivity contribution < 1.29 is 18.4 Å². The Hall–Kier alpha value is -2.12. The molecule has 0 radical (unpaired) electrons. The van der Waals surface area contributed by atoms with E-state index >= 15 is 0 Å². The molecule has 7 heteroatoms. The fourth-order valence-corrected chi connectivity index (χ4v) is 6.44. The molecule has 0 spiro atoms. The lowest BCUT2D eigenvalue weighted by Gasteiger charge is -2.31. The summed E-state index contributed by atoms with van der Waals surface area (Å²) in [5.74, 6) is -1.71. The van der Waals surface area contributed by atoms with E-state index in [2.05, 4.69) is 11.8 Å². The third-order valence-electron chi connectivity index (χ3n) is 6.86. The monoisotopic (exact) mass is 460 g/mol. The maximum Gasteiger partial charge on any atom is 0.219 e. The summed E-state index contributed by atoms with van der Waals surface area (Å²) in [7, 11) is 0. The van der Waals surface area contributed by atoms with Crippen LogP contribution in [0.4, 0.5) is 8.78 Å². The first-order valence-corrected chi connectivity index (χ1v) is 12.3. The smallest absolute Gasteiger partial charge is 0.219 e. The first-order chi connectivity index (χ1) is 15.4. The van der Waals surface area contributed by atoms with Crippen molar-refractivity contribution in [2.75, 3.05) is 26.2 Å². The third kappa shape index (κ3) is 4.79. The molecule has 0 atom stereocenters. The molecule has 3 heterocycles. The summed E-state index contributed by atoms with van der Waals surface area (Å²) >= 11 is 1.85. The Kier molecular flexibility index (Phi) is 7.05. The van der Waals surface area contributed by atoms with Gasteiger partial charge in [-0.25, -0.2) is 8.78 Å². The zero-order chi connectivity index (χ0) is 22.8. The molecule has 32 heavy (non-hydrogen) atoms. The number of benzene rings is 1. The van der Waals surface area contributed by atoms with E-state index in [1.54, 1.807) is 6.92 Å². The number of Topliss-reactive ketones (excluding diaryl/α,β-unsaturated/α-hetero) is 1. The van der Waals surface area contributed by atoms with Crippen LogP contribution in [0.3, 0.4) is 0 Å². The molecule has 1 aromatic carbocycles. The average Bonchev–Trinajstić information content (AvgIpc) is 3.14. The summed E-state index contributed by atoms with van der Waals surface area (Å²) in [6, 6.07) is 3.19. The van der Waals surface area contributed by atoms with E-state index in [0.717, 1.165) is 64.1 Å². The number of thiophene rings is 1. The van der Waals surface area contributed by atoms with Gasteiger partial charge in [-0.1, -0.05) is 6.92 Å². The van der Waals surface area contributed by atoms with Gasteiger partial charge in [-0.15, -0.1) is 11.3 Å². The van der Waals surface area contributed by atoms with Crippen LogP contribution in [0.5, 0.6) is 0 Å². The van der Waals surface area contributed by atoms with Gasteiger partial charge in [0.1, 0.15) is 11.6 Å². The Balaban J connectivity index is 1.33. The van der Waals surface area contributed by atoms with Crippen molar-refractivity contribution in [1.82, 2.24) is 9.80 Å². The molecule has 1 fully saturated rings. The molecule has 0 N–H and O–H groups in total. The minimum Gasteiger partial charge on any atom is -0.337 e. The standard InChI is InChI=1S/C25H30F2N2O2S/c1-3-19-20-8-13-29(16(2)30)15-24(20)32-23(19)9-12-28-10-6-17(7-11-28)25(31)21-5-4-18(26)14-22(21)27/h4-5,14,17H,3,6-13,15H2,1-2H3. The third-order valence-corrected chi connectivity index (χ3v) is 8.18. The van der Waals surface area contributed by atoms with Crippen molar-refractivity contribution in [3.8, 4) is 0 Å². The van der Waals surface area contributed by atoms with Crippen LogP contribution in [-0.2, 0) is 30.6 Å².